The number of aryl methyl sites for hydroxylation is 1. The molecule has 2 aromatic carbocycles. The molecule has 0 atom stereocenters. The Labute approximate surface area is 215 Å². The average Bonchev–Trinajstić information content (AvgIpc) is 3.39. The molecule has 0 unspecified atom stereocenters. The number of nitrogens with zero attached hydrogens (tertiary/aromatic N) is 3. The normalized spacial score (nSPS) is 14.8. The minimum atomic E-state index is -0.105. The minimum absolute atomic E-state index is 0.105. The zero-order valence-corrected chi connectivity index (χ0v) is 21.8. The number of unbranched alkanes of at least 4 members (excludes halogenated alkanes) is 1. The number of rotatable bonds is 10. The minimum Gasteiger partial charge on any atom is -0.494 e. The second-order valence-electron chi connectivity index (χ2n) is 8.22. The maximum atomic E-state index is 13.0. The van der Waals surface area contributed by atoms with Crippen LogP contribution in [-0.2, 0) is 9.53 Å². The highest BCUT2D eigenvalue weighted by Gasteiger charge is 2.32. The van der Waals surface area contributed by atoms with Crippen LogP contribution in [-0.4, -0.2) is 51.8 Å². The molecule has 0 N–H and O–H groups in total. The fourth-order valence-electron chi connectivity index (χ4n) is 3.76. The molecule has 1 fully saturated rings. The van der Waals surface area contributed by atoms with Gasteiger partial charge >= 0.3 is 0 Å². The summed E-state index contributed by atoms with van der Waals surface area (Å²) in [6.07, 6.45) is 5.96. The Morgan fingerprint density at radius 3 is 2.66 bits per heavy atom. The topological polar surface area (TPSA) is 56.6 Å². The molecule has 2 heterocycles. The van der Waals surface area contributed by atoms with E-state index in [0.717, 1.165) is 46.7 Å². The van der Waals surface area contributed by atoms with Crippen LogP contribution in [0.4, 0.5) is 0 Å². The molecule has 3 aromatic rings. The van der Waals surface area contributed by atoms with E-state index in [1.807, 2.05) is 65.5 Å². The van der Waals surface area contributed by atoms with E-state index in [-0.39, 0.29) is 5.91 Å². The maximum Gasteiger partial charge on any atom is 0.266 e. The van der Waals surface area contributed by atoms with Crippen LogP contribution in [0.3, 0.4) is 0 Å². The summed E-state index contributed by atoms with van der Waals surface area (Å²) in [6, 6.07) is 16.0. The van der Waals surface area contributed by atoms with Gasteiger partial charge < -0.3 is 9.47 Å². The molecule has 8 heteroatoms. The second kappa shape index (κ2) is 11.7. The molecule has 1 aromatic heterocycles. The van der Waals surface area contributed by atoms with Gasteiger partial charge in [0.2, 0.25) is 0 Å². The first kappa shape index (κ1) is 25.2. The Kier molecular flexibility index (Phi) is 8.38. The Balaban J connectivity index is 1.72. The van der Waals surface area contributed by atoms with Crippen LogP contribution in [0.2, 0.25) is 0 Å². The molecule has 182 valence electrons. The van der Waals surface area contributed by atoms with Crippen LogP contribution in [0.15, 0.2) is 59.6 Å². The highest BCUT2D eigenvalue weighted by molar-refractivity contribution is 8.26. The van der Waals surface area contributed by atoms with Crippen molar-refractivity contribution in [2.24, 2.45) is 0 Å². The molecule has 1 amide bonds. The molecule has 1 saturated heterocycles. The summed E-state index contributed by atoms with van der Waals surface area (Å²) in [5.74, 6) is 0.745. The molecule has 0 bridgehead atoms. The highest BCUT2D eigenvalue weighted by Crippen LogP contribution is 2.36. The monoisotopic (exact) mass is 507 g/mol. The second-order valence-corrected chi connectivity index (χ2v) is 9.89. The van der Waals surface area contributed by atoms with Gasteiger partial charge in [0, 0.05) is 24.4 Å². The number of carbonyl (C=O) groups is 1. The molecule has 1 aliphatic heterocycles. The molecule has 4 rings (SSSR count). The van der Waals surface area contributed by atoms with Crippen LogP contribution < -0.4 is 4.74 Å². The third-order valence-corrected chi connectivity index (χ3v) is 7.04. The average molecular weight is 508 g/mol. The summed E-state index contributed by atoms with van der Waals surface area (Å²) in [5.41, 5.74) is 4.64. The Morgan fingerprint density at radius 1 is 1.14 bits per heavy atom. The third-order valence-electron chi connectivity index (χ3n) is 5.66. The van der Waals surface area contributed by atoms with E-state index in [1.165, 1.54) is 11.8 Å². The lowest BCUT2D eigenvalue weighted by atomic mass is 10.0. The molecule has 0 radical (unpaired) electrons. The van der Waals surface area contributed by atoms with Crippen LogP contribution in [0, 0.1) is 6.92 Å². The first-order chi connectivity index (χ1) is 17.0. The lowest BCUT2D eigenvalue weighted by Gasteiger charge is -2.12. The molecular formula is C27H29N3O3S2. The summed E-state index contributed by atoms with van der Waals surface area (Å²) in [7, 11) is 1.61. The molecule has 35 heavy (non-hydrogen) atoms. The number of carbonyl (C=O) groups excluding carboxylic acids is 1. The van der Waals surface area contributed by atoms with Crippen molar-refractivity contribution in [2.75, 3.05) is 26.9 Å². The number of para-hydroxylation sites is 1. The van der Waals surface area contributed by atoms with Gasteiger partial charge in [-0.2, -0.15) is 5.10 Å². The number of thioether (sulfide) groups is 1. The molecule has 0 saturated carbocycles. The van der Waals surface area contributed by atoms with Crippen molar-refractivity contribution >= 4 is 40.3 Å². The van der Waals surface area contributed by atoms with Gasteiger partial charge in [-0.25, -0.2) is 4.68 Å². The molecule has 1 aliphatic rings. The van der Waals surface area contributed by atoms with Gasteiger partial charge in [0.05, 0.1) is 30.4 Å². The standard InChI is InChI=1S/C27H29N3O3S2/c1-4-5-14-33-22-11-12-23(19(2)16-22)25-20(18-30(28-25)21-9-7-6-8-10-21)17-24-26(31)29(13-15-32-3)27(34)35-24/h6-12,16-18H,4-5,13-15H2,1-3H3. The van der Waals surface area contributed by atoms with Crippen molar-refractivity contribution in [1.82, 2.24) is 14.7 Å². The van der Waals surface area contributed by atoms with Crippen molar-refractivity contribution in [3.63, 3.8) is 0 Å². The molecule has 0 aliphatic carbocycles. The van der Waals surface area contributed by atoms with Gasteiger partial charge in [-0.05, 0) is 55.3 Å². The van der Waals surface area contributed by atoms with Crippen molar-refractivity contribution in [3.05, 3.63) is 70.8 Å². The SMILES string of the molecule is CCCCOc1ccc(-c2nn(-c3ccccc3)cc2C=C2SC(=S)N(CCOC)C2=O)c(C)c1. The van der Waals surface area contributed by atoms with E-state index in [0.29, 0.717) is 29.0 Å². The highest BCUT2D eigenvalue weighted by atomic mass is 32.2. The van der Waals surface area contributed by atoms with Gasteiger partial charge in [0.15, 0.2) is 0 Å². The smallest absolute Gasteiger partial charge is 0.266 e. The summed E-state index contributed by atoms with van der Waals surface area (Å²) in [6.45, 7) is 5.77. The van der Waals surface area contributed by atoms with Gasteiger partial charge in [0.25, 0.3) is 5.91 Å². The first-order valence-corrected chi connectivity index (χ1v) is 12.9. The van der Waals surface area contributed by atoms with Crippen LogP contribution in [0.5, 0.6) is 5.75 Å². The summed E-state index contributed by atoms with van der Waals surface area (Å²) in [4.78, 5) is 15.2. The van der Waals surface area contributed by atoms with Gasteiger partial charge in [-0.15, -0.1) is 0 Å². The molecular weight excluding hydrogens is 478 g/mol. The lowest BCUT2D eigenvalue weighted by Crippen LogP contribution is -2.31. The largest absolute Gasteiger partial charge is 0.494 e. The Morgan fingerprint density at radius 2 is 1.94 bits per heavy atom. The number of hydrogen-bond acceptors (Lipinski definition) is 6. The first-order valence-electron chi connectivity index (χ1n) is 11.6. The van der Waals surface area contributed by atoms with E-state index in [4.69, 9.17) is 26.8 Å². The Hall–Kier alpha value is -2.94. The summed E-state index contributed by atoms with van der Waals surface area (Å²) < 4.78 is 13.4. The molecule has 6 nitrogen and oxygen atoms in total. The fraction of sp³-hybridized carbons (Fsp3) is 0.296. The third kappa shape index (κ3) is 5.83. The number of thiocarbonyl (C=S) groups is 1. The predicted molar refractivity (Wildman–Crippen MR) is 146 cm³/mol. The number of hydrogen-bond donors (Lipinski definition) is 0. The van der Waals surface area contributed by atoms with Crippen molar-refractivity contribution in [1.29, 1.82) is 0 Å². The van der Waals surface area contributed by atoms with E-state index < -0.39 is 0 Å². The summed E-state index contributed by atoms with van der Waals surface area (Å²) >= 11 is 6.76. The van der Waals surface area contributed by atoms with Crippen molar-refractivity contribution < 1.29 is 14.3 Å². The quantitative estimate of drug-likeness (QED) is 0.194. The van der Waals surface area contributed by atoms with E-state index in [2.05, 4.69) is 13.8 Å². The Bertz CT molecular complexity index is 1240. The number of aromatic nitrogens is 2. The zero-order chi connectivity index (χ0) is 24.8. The van der Waals surface area contributed by atoms with E-state index >= 15 is 0 Å². The van der Waals surface area contributed by atoms with Crippen molar-refractivity contribution in [3.8, 4) is 22.7 Å². The lowest BCUT2D eigenvalue weighted by molar-refractivity contribution is -0.122. The van der Waals surface area contributed by atoms with Gasteiger partial charge in [0.1, 0.15) is 15.8 Å². The van der Waals surface area contributed by atoms with Crippen LogP contribution in [0.25, 0.3) is 23.0 Å². The van der Waals surface area contributed by atoms with Crippen LogP contribution in [0.1, 0.15) is 30.9 Å². The zero-order valence-electron chi connectivity index (χ0n) is 20.2. The fourth-order valence-corrected chi connectivity index (χ4v) is 5.06. The van der Waals surface area contributed by atoms with E-state index in [9.17, 15) is 4.79 Å². The van der Waals surface area contributed by atoms with Gasteiger partial charge in [-0.3, -0.25) is 9.69 Å². The number of amides is 1. The van der Waals surface area contributed by atoms with E-state index in [1.54, 1.807) is 12.0 Å². The number of benzene rings is 2. The maximum absolute atomic E-state index is 13.0. The summed E-state index contributed by atoms with van der Waals surface area (Å²) in [5, 5.41) is 4.92. The predicted octanol–water partition coefficient (Wildman–Crippen LogP) is 5.87. The van der Waals surface area contributed by atoms with Crippen molar-refractivity contribution in [2.45, 2.75) is 26.7 Å². The number of methoxy groups -OCH3 is 1. The molecule has 0 spiro atoms. The van der Waals surface area contributed by atoms with Gasteiger partial charge in [-0.1, -0.05) is 55.5 Å². The number of ether oxygens (including phenoxy) is 2. The van der Waals surface area contributed by atoms with Crippen LogP contribution >= 0.6 is 24.0 Å².